The van der Waals surface area contributed by atoms with Gasteiger partial charge in [0.1, 0.15) is 11.4 Å². The molecule has 0 saturated carbocycles. The molecule has 1 aliphatic rings. The molecule has 1 aromatic heterocycles. The predicted molar refractivity (Wildman–Crippen MR) is 134 cm³/mol. The van der Waals surface area contributed by atoms with Crippen LogP contribution in [0.25, 0.3) is 22.8 Å². The molecule has 3 aromatic carbocycles. The average molecular weight is 488 g/mol. The molecular formula is C27H26FN5O3. The van der Waals surface area contributed by atoms with Gasteiger partial charge in [-0.15, -0.1) is 0 Å². The quantitative estimate of drug-likeness (QED) is 0.268. The lowest BCUT2D eigenvalue weighted by molar-refractivity contribution is -0.384. The maximum atomic E-state index is 13.7. The Labute approximate surface area is 207 Å². The molecule has 184 valence electrons. The van der Waals surface area contributed by atoms with Gasteiger partial charge in [0.05, 0.1) is 11.5 Å². The standard InChI is InChI=1S/C27H26FN5O3/c1-32(2)15-3-14-27(21-7-9-22(28)10-8-21)24-13-6-19(16-20(24)17-36-27)26-29-25(30-31-26)18-4-11-23(12-5-18)33(34)35/h4-13,16H,3,14-15,17H2,1-2H3,(H,29,30,31)/t27-/m0/s1. The molecule has 0 bridgehead atoms. The second-order valence-electron chi connectivity index (χ2n) is 9.21. The van der Waals surface area contributed by atoms with Crippen molar-refractivity contribution in [2.75, 3.05) is 20.6 Å². The SMILES string of the molecule is CN(C)CCC[C@@]1(c2ccc(F)cc2)OCc2cc(-c3n[nH]c(-c4ccc([N+](=O)[O-])cc4)n3)ccc21. The molecule has 36 heavy (non-hydrogen) atoms. The average Bonchev–Trinajstić information content (AvgIpc) is 3.50. The molecule has 0 spiro atoms. The van der Waals surface area contributed by atoms with E-state index in [1.165, 1.54) is 24.3 Å². The van der Waals surface area contributed by atoms with E-state index in [-0.39, 0.29) is 11.5 Å². The van der Waals surface area contributed by atoms with Gasteiger partial charge in [0.15, 0.2) is 11.6 Å². The summed E-state index contributed by atoms with van der Waals surface area (Å²) in [6.45, 7) is 1.35. The molecule has 2 heterocycles. The monoisotopic (exact) mass is 487 g/mol. The molecule has 0 aliphatic carbocycles. The van der Waals surface area contributed by atoms with E-state index in [1.807, 2.05) is 26.2 Å². The van der Waals surface area contributed by atoms with Crippen molar-refractivity contribution in [1.29, 1.82) is 0 Å². The fraction of sp³-hybridized carbons (Fsp3) is 0.259. The van der Waals surface area contributed by atoms with Gasteiger partial charge in [-0.25, -0.2) is 9.37 Å². The number of nitro groups is 1. The highest BCUT2D eigenvalue weighted by molar-refractivity contribution is 5.64. The zero-order valence-electron chi connectivity index (χ0n) is 20.1. The van der Waals surface area contributed by atoms with Crippen LogP contribution in [-0.2, 0) is 16.9 Å². The van der Waals surface area contributed by atoms with Crippen molar-refractivity contribution in [1.82, 2.24) is 20.1 Å². The Morgan fingerprint density at radius 1 is 1.08 bits per heavy atom. The van der Waals surface area contributed by atoms with Gasteiger partial charge in [0.25, 0.3) is 5.69 Å². The number of ether oxygens (including phenoxy) is 1. The van der Waals surface area contributed by atoms with Crippen LogP contribution in [-0.4, -0.2) is 45.6 Å². The van der Waals surface area contributed by atoms with Crippen molar-refractivity contribution in [3.05, 3.63) is 99.4 Å². The van der Waals surface area contributed by atoms with E-state index >= 15 is 0 Å². The van der Waals surface area contributed by atoms with Gasteiger partial charge in [-0.05, 0) is 80.5 Å². The number of nitrogens with zero attached hydrogens (tertiary/aromatic N) is 4. The lowest BCUT2D eigenvalue weighted by Gasteiger charge is -2.31. The van der Waals surface area contributed by atoms with Gasteiger partial charge in [0.2, 0.25) is 0 Å². The normalized spacial score (nSPS) is 16.9. The van der Waals surface area contributed by atoms with Crippen LogP contribution in [0.4, 0.5) is 10.1 Å². The maximum absolute atomic E-state index is 13.7. The van der Waals surface area contributed by atoms with Crippen LogP contribution in [0.3, 0.4) is 0 Å². The Hall–Kier alpha value is -3.95. The lowest BCUT2D eigenvalue weighted by atomic mass is 9.81. The summed E-state index contributed by atoms with van der Waals surface area (Å²) >= 11 is 0. The molecule has 0 unspecified atom stereocenters. The van der Waals surface area contributed by atoms with Crippen LogP contribution >= 0.6 is 0 Å². The molecule has 0 radical (unpaired) electrons. The molecular weight excluding hydrogens is 461 g/mol. The van der Waals surface area contributed by atoms with Crippen LogP contribution in [0.15, 0.2) is 66.7 Å². The van der Waals surface area contributed by atoms with Gasteiger partial charge in [-0.2, -0.15) is 5.10 Å². The van der Waals surface area contributed by atoms with Crippen molar-refractivity contribution in [3.63, 3.8) is 0 Å². The first-order chi connectivity index (χ1) is 17.4. The molecule has 1 aliphatic heterocycles. The number of aromatic nitrogens is 3. The number of fused-ring (bicyclic) bond motifs is 1. The Balaban J connectivity index is 1.45. The maximum Gasteiger partial charge on any atom is 0.269 e. The topological polar surface area (TPSA) is 97.2 Å². The Bertz CT molecular complexity index is 1390. The predicted octanol–water partition coefficient (Wildman–Crippen LogP) is 5.30. The van der Waals surface area contributed by atoms with Crippen LogP contribution in [0, 0.1) is 15.9 Å². The summed E-state index contributed by atoms with van der Waals surface area (Å²) in [6, 6.07) is 18.8. The third-order valence-corrected chi connectivity index (χ3v) is 6.55. The number of benzene rings is 3. The number of aromatic amines is 1. The van der Waals surface area contributed by atoms with Gasteiger partial charge in [-0.1, -0.05) is 24.3 Å². The largest absolute Gasteiger partial charge is 0.361 e. The minimum absolute atomic E-state index is 0.0207. The Morgan fingerprint density at radius 2 is 1.81 bits per heavy atom. The van der Waals surface area contributed by atoms with Crippen LogP contribution in [0.1, 0.15) is 29.5 Å². The van der Waals surface area contributed by atoms with Crippen molar-refractivity contribution in [2.24, 2.45) is 0 Å². The summed E-state index contributed by atoms with van der Waals surface area (Å²) < 4.78 is 20.1. The molecule has 0 amide bonds. The Kier molecular flexibility index (Phi) is 6.34. The van der Waals surface area contributed by atoms with E-state index < -0.39 is 10.5 Å². The van der Waals surface area contributed by atoms with Crippen molar-refractivity contribution in [2.45, 2.75) is 25.0 Å². The number of nitrogens with one attached hydrogen (secondary N) is 1. The third kappa shape index (κ3) is 4.50. The summed E-state index contributed by atoms with van der Waals surface area (Å²) in [7, 11) is 4.09. The minimum atomic E-state index is -0.638. The molecule has 8 nitrogen and oxygen atoms in total. The minimum Gasteiger partial charge on any atom is -0.361 e. The fourth-order valence-corrected chi connectivity index (χ4v) is 4.74. The number of hydrogen-bond donors (Lipinski definition) is 1. The first-order valence-corrected chi connectivity index (χ1v) is 11.7. The zero-order chi connectivity index (χ0) is 25.3. The molecule has 5 rings (SSSR count). The van der Waals surface area contributed by atoms with Gasteiger partial charge in [0, 0.05) is 23.3 Å². The summed E-state index contributed by atoms with van der Waals surface area (Å²) in [5.74, 6) is 0.781. The second kappa shape index (κ2) is 9.60. The second-order valence-corrected chi connectivity index (χ2v) is 9.21. The number of hydrogen-bond acceptors (Lipinski definition) is 6. The van der Waals surface area contributed by atoms with Crippen molar-refractivity contribution in [3.8, 4) is 22.8 Å². The number of H-pyrrole nitrogens is 1. The number of non-ortho nitro benzene ring substituents is 1. The first kappa shape index (κ1) is 23.8. The summed E-state index contributed by atoms with van der Waals surface area (Å²) in [5.41, 5.74) is 3.98. The number of nitro benzene ring substituents is 1. The molecule has 1 N–H and O–H groups in total. The van der Waals surface area contributed by atoms with Crippen molar-refractivity contribution < 1.29 is 14.1 Å². The molecule has 4 aromatic rings. The first-order valence-electron chi connectivity index (χ1n) is 11.7. The highest BCUT2D eigenvalue weighted by atomic mass is 19.1. The van der Waals surface area contributed by atoms with E-state index in [2.05, 4.69) is 26.1 Å². The summed E-state index contributed by atoms with van der Waals surface area (Å²) in [6.07, 6.45) is 1.69. The van der Waals surface area contributed by atoms with E-state index in [9.17, 15) is 14.5 Å². The molecule has 0 fully saturated rings. The fourth-order valence-electron chi connectivity index (χ4n) is 4.74. The van der Waals surface area contributed by atoms with Crippen molar-refractivity contribution >= 4 is 5.69 Å². The van der Waals surface area contributed by atoms with Gasteiger partial charge in [-0.3, -0.25) is 15.2 Å². The summed E-state index contributed by atoms with van der Waals surface area (Å²) in [4.78, 5) is 17.2. The third-order valence-electron chi connectivity index (χ3n) is 6.55. The van der Waals surface area contributed by atoms with Crippen LogP contribution < -0.4 is 0 Å². The molecule has 0 saturated heterocycles. The van der Waals surface area contributed by atoms with E-state index in [1.54, 1.807) is 24.3 Å². The molecule has 1 atom stereocenters. The highest BCUT2D eigenvalue weighted by Crippen LogP contribution is 2.46. The van der Waals surface area contributed by atoms with Gasteiger partial charge < -0.3 is 9.64 Å². The highest BCUT2D eigenvalue weighted by Gasteiger charge is 2.41. The summed E-state index contributed by atoms with van der Waals surface area (Å²) in [5, 5.41) is 18.2. The molecule has 9 heteroatoms. The lowest BCUT2D eigenvalue weighted by Crippen LogP contribution is -2.28. The van der Waals surface area contributed by atoms with E-state index in [4.69, 9.17) is 4.74 Å². The smallest absolute Gasteiger partial charge is 0.269 e. The zero-order valence-corrected chi connectivity index (χ0v) is 20.1. The number of halogens is 1. The van der Waals surface area contributed by atoms with E-state index in [0.717, 1.165) is 41.6 Å². The van der Waals surface area contributed by atoms with Crippen LogP contribution in [0.2, 0.25) is 0 Å². The van der Waals surface area contributed by atoms with Gasteiger partial charge >= 0.3 is 0 Å². The van der Waals surface area contributed by atoms with E-state index in [0.29, 0.717) is 23.8 Å². The Morgan fingerprint density at radius 3 is 2.50 bits per heavy atom. The van der Waals surface area contributed by atoms with Crippen LogP contribution in [0.5, 0.6) is 0 Å². The number of rotatable bonds is 8.